The molecule has 2 rings (SSSR count). The predicted octanol–water partition coefficient (Wildman–Crippen LogP) is 3.86. The van der Waals surface area contributed by atoms with E-state index in [0.717, 1.165) is 19.0 Å². The second-order valence-electron chi connectivity index (χ2n) is 4.55. The Hall–Kier alpha value is -1.74. The van der Waals surface area contributed by atoms with Gasteiger partial charge in [0.05, 0.1) is 0 Å². The first-order valence-corrected chi connectivity index (χ1v) is 6.39. The van der Waals surface area contributed by atoms with Gasteiger partial charge in [0.2, 0.25) is 0 Å². The Morgan fingerprint density at radius 2 is 1.74 bits per heavy atom. The summed E-state index contributed by atoms with van der Waals surface area (Å²) in [5, 5.41) is 3.21. The molecular weight excluding hydrogens is 244 g/mol. The van der Waals surface area contributed by atoms with E-state index in [1.807, 2.05) is 25.1 Å². The maximum atomic E-state index is 13.6. The summed E-state index contributed by atoms with van der Waals surface area (Å²) in [6.07, 6.45) is 0.863. The van der Waals surface area contributed by atoms with Gasteiger partial charge in [-0.1, -0.05) is 42.5 Å². The maximum absolute atomic E-state index is 13.6. The molecule has 3 heteroatoms. The van der Waals surface area contributed by atoms with Crippen LogP contribution in [0.1, 0.15) is 24.1 Å². The lowest BCUT2D eigenvalue weighted by Gasteiger charge is -2.15. The highest BCUT2D eigenvalue weighted by Gasteiger charge is 2.13. The molecule has 0 aliphatic rings. The van der Waals surface area contributed by atoms with Gasteiger partial charge in [0.25, 0.3) is 0 Å². The van der Waals surface area contributed by atoms with Gasteiger partial charge in [-0.2, -0.15) is 0 Å². The fourth-order valence-corrected chi connectivity index (χ4v) is 2.04. The number of benzene rings is 2. The summed E-state index contributed by atoms with van der Waals surface area (Å²) >= 11 is 0. The standard InChI is InChI=1S/C16H17F2N/c1-12(14-8-5-9-15(17)16(14)18)19-11-10-13-6-3-2-4-7-13/h2-9,12,19H,10-11H2,1H3. The summed E-state index contributed by atoms with van der Waals surface area (Å²) in [7, 11) is 0. The average molecular weight is 261 g/mol. The van der Waals surface area contributed by atoms with Crippen molar-refractivity contribution < 1.29 is 8.78 Å². The van der Waals surface area contributed by atoms with Crippen LogP contribution in [0.15, 0.2) is 48.5 Å². The van der Waals surface area contributed by atoms with Crippen LogP contribution in [0.25, 0.3) is 0 Å². The molecule has 2 aromatic carbocycles. The molecule has 0 bridgehead atoms. The van der Waals surface area contributed by atoms with E-state index in [1.165, 1.54) is 11.6 Å². The van der Waals surface area contributed by atoms with Crippen molar-refractivity contribution in [2.75, 3.05) is 6.54 Å². The molecule has 0 aromatic heterocycles. The number of halogens is 2. The van der Waals surface area contributed by atoms with E-state index in [1.54, 1.807) is 6.07 Å². The molecule has 19 heavy (non-hydrogen) atoms. The minimum atomic E-state index is -0.797. The SMILES string of the molecule is CC(NCCc1ccccc1)c1cccc(F)c1F. The molecular formula is C16H17F2N. The fourth-order valence-electron chi connectivity index (χ4n) is 2.04. The minimum Gasteiger partial charge on any atom is -0.310 e. The van der Waals surface area contributed by atoms with E-state index in [9.17, 15) is 8.78 Å². The van der Waals surface area contributed by atoms with Crippen LogP contribution in [0.5, 0.6) is 0 Å². The third kappa shape index (κ3) is 3.61. The molecule has 1 nitrogen and oxygen atoms in total. The van der Waals surface area contributed by atoms with Crippen molar-refractivity contribution in [3.63, 3.8) is 0 Å². The van der Waals surface area contributed by atoms with Crippen molar-refractivity contribution in [3.05, 3.63) is 71.3 Å². The van der Waals surface area contributed by atoms with Crippen LogP contribution in [0, 0.1) is 11.6 Å². The summed E-state index contributed by atoms with van der Waals surface area (Å²) in [6, 6.07) is 14.1. The Bertz CT molecular complexity index is 526. The van der Waals surface area contributed by atoms with Crippen LogP contribution < -0.4 is 5.32 Å². The summed E-state index contributed by atoms with van der Waals surface area (Å²) in [5.41, 5.74) is 1.59. The maximum Gasteiger partial charge on any atom is 0.163 e. The van der Waals surface area contributed by atoms with Gasteiger partial charge in [-0.05, 0) is 31.5 Å². The van der Waals surface area contributed by atoms with Gasteiger partial charge in [-0.15, -0.1) is 0 Å². The first-order valence-electron chi connectivity index (χ1n) is 6.39. The normalized spacial score (nSPS) is 12.4. The van der Waals surface area contributed by atoms with Crippen LogP contribution in [0.4, 0.5) is 8.78 Å². The Labute approximate surface area is 112 Å². The molecule has 0 heterocycles. The second kappa shape index (κ2) is 6.43. The smallest absolute Gasteiger partial charge is 0.163 e. The number of hydrogen-bond acceptors (Lipinski definition) is 1. The number of rotatable bonds is 5. The summed E-state index contributed by atoms with van der Waals surface area (Å²) in [4.78, 5) is 0. The lowest BCUT2D eigenvalue weighted by Crippen LogP contribution is -2.22. The Morgan fingerprint density at radius 3 is 2.47 bits per heavy atom. The first kappa shape index (κ1) is 13.7. The molecule has 0 radical (unpaired) electrons. The Morgan fingerprint density at radius 1 is 1.00 bits per heavy atom. The van der Waals surface area contributed by atoms with Crippen LogP contribution in [-0.2, 0) is 6.42 Å². The van der Waals surface area contributed by atoms with Crippen molar-refractivity contribution in [2.45, 2.75) is 19.4 Å². The lowest BCUT2D eigenvalue weighted by molar-refractivity contribution is 0.474. The molecule has 1 atom stereocenters. The zero-order valence-electron chi connectivity index (χ0n) is 10.9. The van der Waals surface area contributed by atoms with Crippen LogP contribution in [-0.4, -0.2) is 6.54 Å². The molecule has 1 N–H and O–H groups in total. The largest absolute Gasteiger partial charge is 0.310 e. The van der Waals surface area contributed by atoms with Gasteiger partial charge in [0.1, 0.15) is 0 Å². The van der Waals surface area contributed by atoms with E-state index in [0.29, 0.717) is 5.56 Å². The summed E-state index contributed by atoms with van der Waals surface area (Å²) < 4.78 is 26.7. The molecule has 1 unspecified atom stereocenters. The zero-order chi connectivity index (χ0) is 13.7. The second-order valence-corrected chi connectivity index (χ2v) is 4.55. The van der Waals surface area contributed by atoms with Crippen LogP contribution in [0.2, 0.25) is 0 Å². The number of nitrogens with one attached hydrogen (secondary N) is 1. The third-order valence-electron chi connectivity index (χ3n) is 3.15. The van der Waals surface area contributed by atoms with Gasteiger partial charge < -0.3 is 5.32 Å². The molecule has 100 valence electrons. The lowest BCUT2D eigenvalue weighted by atomic mass is 10.1. The van der Waals surface area contributed by atoms with E-state index in [-0.39, 0.29) is 6.04 Å². The zero-order valence-corrected chi connectivity index (χ0v) is 10.9. The quantitative estimate of drug-likeness (QED) is 0.861. The van der Waals surface area contributed by atoms with Gasteiger partial charge in [0.15, 0.2) is 11.6 Å². The average Bonchev–Trinajstić information content (AvgIpc) is 2.43. The molecule has 0 saturated heterocycles. The van der Waals surface area contributed by atoms with E-state index < -0.39 is 11.6 Å². The van der Waals surface area contributed by atoms with Crippen LogP contribution >= 0.6 is 0 Å². The Kier molecular flexibility index (Phi) is 4.63. The van der Waals surface area contributed by atoms with Crippen molar-refractivity contribution >= 4 is 0 Å². The number of hydrogen-bond donors (Lipinski definition) is 1. The fraction of sp³-hybridized carbons (Fsp3) is 0.250. The van der Waals surface area contributed by atoms with E-state index >= 15 is 0 Å². The van der Waals surface area contributed by atoms with Gasteiger partial charge in [-0.25, -0.2) is 8.78 Å². The molecule has 2 aromatic rings. The van der Waals surface area contributed by atoms with Crippen molar-refractivity contribution in [3.8, 4) is 0 Å². The molecule has 0 saturated carbocycles. The van der Waals surface area contributed by atoms with Crippen LogP contribution in [0.3, 0.4) is 0 Å². The topological polar surface area (TPSA) is 12.0 Å². The highest BCUT2D eigenvalue weighted by Crippen LogP contribution is 2.18. The van der Waals surface area contributed by atoms with Gasteiger partial charge >= 0.3 is 0 Å². The Balaban J connectivity index is 1.91. The van der Waals surface area contributed by atoms with Crippen molar-refractivity contribution in [2.24, 2.45) is 0 Å². The predicted molar refractivity (Wildman–Crippen MR) is 72.9 cm³/mol. The summed E-state index contributed by atoms with van der Waals surface area (Å²) in [5.74, 6) is -1.56. The van der Waals surface area contributed by atoms with Crippen molar-refractivity contribution in [1.29, 1.82) is 0 Å². The monoisotopic (exact) mass is 261 g/mol. The molecule has 0 aliphatic carbocycles. The third-order valence-corrected chi connectivity index (χ3v) is 3.15. The van der Waals surface area contributed by atoms with Gasteiger partial charge in [0, 0.05) is 11.6 Å². The highest BCUT2D eigenvalue weighted by molar-refractivity contribution is 5.22. The molecule has 0 aliphatic heterocycles. The highest BCUT2D eigenvalue weighted by atomic mass is 19.2. The van der Waals surface area contributed by atoms with E-state index in [2.05, 4.69) is 17.4 Å². The molecule has 0 amide bonds. The first-order chi connectivity index (χ1) is 9.18. The molecule has 0 fully saturated rings. The van der Waals surface area contributed by atoms with Gasteiger partial charge in [-0.3, -0.25) is 0 Å². The summed E-state index contributed by atoms with van der Waals surface area (Å²) in [6.45, 7) is 2.56. The minimum absolute atomic E-state index is 0.209. The van der Waals surface area contributed by atoms with E-state index in [4.69, 9.17) is 0 Å². The van der Waals surface area contributed by atoms with Crippen molar-refractivity contribution in [1.82, 2.24) is 5.32 Å². The molecule has 0 spiro atoms.